The molecule has 3 heterocycles. The van der Waals surface area contributed by atoms with E-state index in [4.69, 9.17) is 20.8 Å². The second-order valence-corrected chi connectivity index (χ2v) is 5.46. The van der Waals surface area contributed by atoms with Crippen molar-refractivity contribution in [3.05, 3.63) is 57.8 Å². The molecule has 23 heavy (non-hydrogen) atoms. The van der Waals surface area contributed by atoms with E-state index in [2.05, 4.69) is 15.0 Å². The molecule has 0 amide bonds. The Hall–Kier alpha value is -2.86. The van der Waals surface area contributed by atoms with Crippen molar-refractivity contribution in [2.24, 2.45) is 0 Å². The van der Waals surface area contributed by atoms with Gasteiger partial charge in [-0.15, -0.1) is 0 Å². The maximum absolute atomic E-state index is 11.5. The fourth-order valence-corrected chi connectivity index (χ4v) is 2.63. The SMILES string of the molecule is Cc1cc(=O)oc2cc(Oc3ncnc4[nH]ccc34)c(Cl)cc12. The van der Waals surface area contributed by atoms with Gasteiger partial charge < -0.3 is 14.1 Å². The molecular formula is C16H10ClN3O3. The van der Waals surface area contributed by atoms with Crippen LogP contribution in [0.25, 0.3) is 22.0 Å². The van der Waals surface area contributed by atoms with E-state index >= 15 is 0 Å². The number of nitrogens with one attached hydrogen (secondary N) is 1. The summed E-state index contributed by atoms with van der Waals surface area (Å²) in [5.74, 6) is 0.724. The zero-order chi connectivity index (χ0) is 16.0. The highest BCUT2D eigenvalue weighted by Crippen LogP contribution is 2.35. The number of rotatable bonds is 2. The first-order valence-electron chi connectivity index (χ1n) is 6.82. The molecule has 7 heteroatoms. The van der Waals surface area contributed by atoms with Crippen LogP contribution in [-0.4, -0.2) is 15.0 Å². The average Bonchev–Trinajstić information content (AvgIpc) is 2.98. The first-order chi connectivity index (χ1) is 11.1. The predicted molar refractivity (Wildman–Crippen MR) is 86.2 cm³/mol. The summed E-state index contributed by atoms with van der Waals surface area (Å²) in [4.78, 5) is 22.7. The number of H-pyrrole nitrogens is 1. The van der Waals surface area contributed by atoms with E-state index in [9.17, 15) is 4.79 Å². The van der Waals surface area contributed by atoms with Gasteiger partial charge in [-0.1, -0.05) is 11.6 Å². The third-order valence-corrected chi connectivity index (χ3v) is 3.82. The molecule has 0 saturated carbocycles. The normalized spacial score (nSPS) is 11.2. The Morgan fingerprint density at radius 2 is 2.09 bits per heavy atom. The number of aromatic amines is 1. The molecule has 6 nitrogen and oxygen atoms in total. The maximum atomic E-state index is 11.5. The molecule has 0 atom stereocenters. The van der Waals surface area contributed by atoms with Crippen LogP contribution in [0.4, 0.5) is 0 Å². The molecule has 0 bridgehead atoms. The van der Waals surface area contributed by atoms with Gasteiger partial charge in [0, 0.05) is 23.7 Å². The van der Waals surface area contributed by atoms with E-state index in [0.29, 0.717) is 27.9 Å². The van der Waals surface area contributed by atoms with E-state index < -0.39 is 5.63 Å². The van der Waals surface area contributed by atoms with Crippen molar-refractivity contribution in [3.8, 4) is 11.6 Å². The van der Waals surface area contributed by atoms with E-state index in [-0.39, 0.29) is 0 Å². The molecule has 0 radical (unpaired) electrons. The highest BCUT2D eigenvalue weighted by Gasteiger charge is 2.13. The summed E-state index contributed by atoms with van der Waals surface area (Å²) in [6.07, 6.45) is 3.14. The van der Waals surface area contributed by atoms with Crippen molar-refractivity contribution in [2.75, 3.05) is 0 Å². The number of nitrogens with zero attached hydrogens (tertiary/aromatic N) is 2. The third kappa shape index (κ3) is 2.33. The topological polar surface area (TPSA) is 81.0 Å². The van der Waals surface area contributed by atoms with Crippen LogP contribution in [0.2, 0.25) is 5.02 Å². The molecule has 0 unspecified atom stereocenters. The molecule has 0 aliphatic heterocycles. The zero-order valence-corrected chi connectivity index (χ0v) is 12.7. The minimum absolute atomic E-state index is 0.356. The number of aryl methyl sites for hydroxylation is 1. The second kappa shape index (κ2) is 5.10. The Morgan fingerprint density at radius 1 is 1.22 bits per heavy atom. The van der Waals surface area contributed by atoms with Gasteiger partial charge in [-0.3, -0.25) is 0 Å². The van der Waals surface area contributed by atoms with Crippen LogP contribution in [-0.2, 0) is 0 Å². The van der Waals surface area contributed by atoms with E-state index in [0.717, 1.165) is 16.3 Å². The highest BCUT2D eigenvalue weighted by atomic mass is 35.5. The van der Waals surface area contributed by atoms with Crippen molar-refractivity contribution >= 4 is 33.6 Å². The molecule has 0 spiro atoms. The van der Waals surface area contributed by atoms with E-state index in [1.807, 2.05) is 13.0 Å². The number of aromatic nitrogens is 3. The summed E-state index contributed by atoms with van der Waals surface area (Å²) >= 11 is 6.29. The fraction of sp³-hybridized carbons (Fsp3) is 0.0625. The monoisotopic (exact) mass is 327 g/mol. The first kappa shape index (κ1) is 13.8. The van der Waals surface area contributed by atoms with Crippen LogP contribution >= 0.6 is 11.6 Å². The molecule has 3 aromatic heterocycles. The summed E-state index contributed by atoms with van der Waals surface area (Å²) in [6, 6.07) is 6.53. The average molecular weight is 328 g/mol. The lowest BCUT2D eigenvalue weighted by Crippen LogP contribution is -1.98. The number of fused-ring (bicyclic) bond motifs is 2. The molecule has 0 aliphatic rings. The lowest BCUT2D eigenvalue weighted by molar-refractivity contribution is 0.466. The largest absolute Gasteiger partial charge is 0.436 e. The molecule has 114 valence electrons. The predicted octanol–water partition coefficient (Wildman–Crippen LogP) is 3.82. The quantitative estimate of drug-likeness (QED) is 0.566. The molecule has 1 aromatic carbocycles. The van der Waals surface area contributed by atoms with Gasteiger partial charge in [0.25, 0.3) is 0 Å². The molecule has 0 fully saturated rings. The Balaban J connectivity index is 1.87. The highest BCUT2D eigenvalue weighted by molar-refractivity contribution is 6.32. The lowest BCUT2D eigenvalue weighted by Gasteiger charge is -2.09. The Labute approximate surface area is 134 Å². The summed E-state index contributed by atoms with van der Waals surface area (Å²) in [5.41, 5.74) is 1.45. The van der Waals surface area contributed by atoms with Crippen LogP contribution in [0.5, 0.6) is 11.6 Å². The van der Waals surface area contributed by atoms with Gasteiger partial charge in [0.1, 0.15) is 17.6 Å². The lowest BCUT2D eigenvalue weighted by atomic mass is 10.1. The van der Waals surface area contributed by atoms with Crippen molar-refractivity contribution < 1.29 is 9.15 Å². The standard InChI is InChI=1S/C16H10ClN3O3/c1-8-4-14(21)22-12-6-13(11(17)5-10(8)12)23-16-9-2-3-18-15(9)19-7-20-16/h2-7H,1H3,(H,18,19,20). The Kier molecular flexibility index (Phi) is 3.06. The number of hydrogen-bond donors (Lipinski definition) is 1. The van der Waals surface area contributed by atoms with Crippen LogP contribution in [0.1, 0.15) is 5.56 Å². The minimum atomic E-state index is -0.418. The molecule has 0 saturated heterocycles. The molecular weight excluding hydrogens is 318 g/mol. The van der Waals surface area contributed by atoms with Gasteiger partial charge in [0.05, 0.1) is 10.4 Å². The summed E-state index contributed by atoms with van der Waals surface area (Å²) in [6.45, 7) is 1.82. The van der Waals surface area contributed by atoms with Crippen molar-refractivity contribution in [2.45, 2.75) is 6.92 Å². The zero-order valence-electron chi connectivity index (χ0n) is 12.0. The van der Waals surface area contributed by atoms with Crippen LogP contribution in [0.15, 0.2) is 46.0 Å². The summed E-state index contributed by atoms with van der Waals surface area (Å²) < 4.78 is 11.0. The molecule has 4 aromatic rings. The number of benzene rings is 1. The minimum Gasteiger partial charge on any atom is -0.436 e. The van der Waals surface area contributed by atoms with E-state index in [1.54, 1.807) is 18.3 Å². The first-order valence-corrected chi connectivity index (χ1v) is 7.19. The van der Waals surface area contributed by atoms with Crippen molar-refractivity contribution in [3.63, 3.8) is 0 Å². The number of halogens is 1. The van der Waals surface area contributed by atoms with E-state index in [1.165, 1.54) is 12.4 Å². The van der Waals surface area contributed by atoms with Gasteiger partial charge in [-0.2, -0.15) is 0 Å². The van der Waals surface area contributed by atoms with Crippen LogP contribution in [0, 0.1) is 6.92 Å². The molecule has 4 rings (SSSR count). The molecule has 0 aliphatic carbocycles. The van der Waals surface area contributed by atoms with Crippen LogP contribution < -0.4 is 10.4 Å². The van der Waals surface area contributed by atoms with Gasteiger partial charge in [0.15, 0.2) is 5.75 Å². The van der Waals surface area contributed by atoms with Crippen molar-refractivity contribution in [1.29, 1.82) is 0 Å². The summed E-state index contributed by atoms with van der Waals surface area (Å²) in [7, 11) is 0. The van der Waals surface area contributed by atoms with Gasteiger partial charge in [0.2, 0.25) is 5.88 Å². The van der Waals surface area contributed by atoms with Gasteiger partial charge in [-0.05, 0) is 24.6 Å². The number of hydrogen-bond acceptors (Lipinski definition) is 5. The molecule has 1 N–H and O–H groups in total. The second-order valence-electron chi connectivity index (χ2n) is 5.05. The van der Waals surface area contributed by atoms with Crippen molar-refractivity contribution in [1.82, 2.24) is 15.0 Å². The number of ether oxygens (including phenoxy) is 1. The van der Waals surface area contributed by atoms with Gasteiger partial charge in [-0.25, -0.2) is 14.8 Å². The smallest absolute Gasteiger partial charge is 0.336 e. The third-order valence-electron chi connectivity index (χ3n) is 3.53. The maximum Gasteiger partial charge on any atom is 0.336 e. The fourth-order valence-electron chi connectivity index (χ4n) is 2.43. The Morgan fingerprint density at radius 3 is 2.96 bits per heavy atom. The van der Waals surface area contributed by atoms with Crippen LogP contribution in [0.3, 0.4) is 0 Å². The Bertz CT molecular complexity index is 1100. The summed E-state index contributed by atoms with van der Waals surface area (Å²) in [5, 5.41) is 1.89. The van der Waals surface area contributed by atoms with Gasteiger partial charge >= 0.3 is 5.63 Å².